The van der Waals surface area contributed by atoms with Crippen molar-refractivity contribution in [3.63, 3.8) is 0 Å². The topological polar surface area (TPSA) is 35.5 Å². The van der Waals surface area contributed by atoms with Crippen molar-refractivity contribution in [3.8, 4) is 0 Å². The first kappa shape index (κ1) is 10.3. The fraction of sp³-hybridized carbons (Fsp3) is 0.700. The van der Waals surface area contributed by atoms with Crippen molar-refractivity contribution in [1.82, 2.24) is 0 Å². The Morgan fingerprint density at radius 2 is 2.38 bits per heavy atom. The monoisotopic (exact) mass is 184 g/mol. The van der Waals surface area contributed by atoms with Crippen LogP contribution in [0.3, 0.4) is 0 Å². The number of rotatable bonds is 2. The van der Waals surface area contributed by atoms with Gasteiger partial charge in [-0.15, -0.1) is 0 Å². The van der Waals surface area contributed by atoms with Gasteiger partial charge in [-0.3, -0.25) is 0 Å². The molecule has 1 unspecified atom stereocenters. The van der Waals surface area contributed by atoms with Gasteiger partial charge in [-0.1, -0.05) is 0 Å². The molecule has 3 heteroatoms. The van der Waals surface area contributed by atoms with Gasteiger partial charge >= 0.3 is 5.97 Å². The van der Waals surface area contributed by atoms with Crippen molar-refractivity contribution < 1.29 is 14.3 Å². The largest absolute Gasteiger partial charge is 0.460 e. The van der Waals surface area contributed by atoms with Gasteiger partial charge in [0, 0.05) is 6.08 Å². The van der Waals surface area contributed by atoms with Crippen molar-refractivity contribution in [2.24, 2.45) is 0 Å². The minimum absolute atomic E-state index is 0.0537. The molecule has 1 heterocycles. The first-order valence-corrected chi connectivity index (χ1v) is 4.62. The van der Waals surface area contributed by atoms with Crippen LogP contribution in [0.25, 0.3) is 0 Å². The maximum atomic E-state index is 11.2. The summed E-state index contributed by atoms with van der Waals surface area (Å²) in [7, 11) is 0. The van der Waals surface area contributed by atoms with Crippen molar-refractivity contribution >= 4 is 5.97 Å². The molecule has 0 amide bonds. The molecule has 74 valence electrons. The molecule has 1 aliphatic rings. The quantitative estimate of drug-likeness (QED) is 0.483. The number of hydrogen-bond acceptors (Lipinski definition) is 3. The van der Waals surface area contributed by atoms with E-state index in [4.69, 9.17) is 9.47 Å². The van der Waals surface area contributed by atoms with Crippen LogP contribution in [0.4, 0.5) is 0 Å². The number of hydrogen-bond donors (Lipinski definition) is 0. The standard InChI is InChI=1S/C10H16O3/c1-7(2)13-10(11)6-9-4-5-12-8(9)3/h6-8H,4-5H2,1-3H3/b9-6-. The molecule has 1 saturated heterocycles. The van der Waals surface area contributed by atoms with E-state index in [1.54, 1.807) is 6.08 Å². The lowest BCUT2D eigenvalue weighted by molar-refractivity contribution is -0.141. The molecular formula is C10H16O3. The normalized spacial score (nSPS) is 25.5. The summed E-state index contributed by atoms with van der Waals surface area (Å²) in [5.41, 5.74) is 1.03. The maximum absolute atomic E-state index is 11.2. The first-order valence-electron chi connectivity index (χ1n) is 4.62. The highest BCUT2D eigenvalue weighted by molar-refractivity contribution is 5.83. The first-order chi connectivity index (χ1) is 6.09. The van der Waals surface area contributed by atoms with Crippen molar-refractivity contribution in [2.45, 2.75) is 39.4 Å². The molecule has 3 nitrogen and oxygen atoms in total. The Bertz CT molecular complexity index is 218. The fourth-order valence-corrected chi connectivity index (χ4v) is 1.27. The number of carbonyl (C=O) groups excluding carboxylic acids is 1. The molecular weight excluding hydrogens is 168 g/mol. The molecule has 0 radical (unpaired) electrons. The van der Waals surface area contributed by atoms with Gasteiger partial charge in [0.1, 0.15) is 0 Å². The fourth-order valence-electron chi connectivity index (χ4n) is 1.27. The molecule has 0 saturated carbocycles. The SMILES string of the molecule is CC(C)OC(=O)/C=C1/CCOC1C. The summed E-state index contributed by atoms with van der Waals surface area (Å²) in [5, 5.41) is 0. The van der Waals surface area contributed by atoms with Crippen molar-refractivity contribution in [1.29, 1.82) is 0 Å². The van der Waals surface area contributed by atoms with E-state index in [0.29, 0.717) is 6.61 Å². The van der Waals surface area contributed by atoms with Crippen LogP contribution in [0.1, 0.15) is 27.2 Å². The predicted molar refractivity (Wildman–Crippen MR) is 49.3 cm³/mol. The lowest BCUT2D eigenvalue weighted by Gasteiger charge is -2.06. The molecule has 1 fully saturated rings. The van der Waals surface area contributed by atoms with Gasteiger partial charge in [0.05, 0.1) is 18.8 Å². The predicted octanol–water partition coefficient (Wildman–Crippen LogP) is 1.67. The molecule has 0 aliphatic carbocycles. The van der Waals surface area contributed by atoms with Crippen LogP contribution in [0, 0.1) is 0 Å². The van der Waals surface area contributed by atoms with E-state index in [9.17, 15) is 4.79 Å². The van der Waals surface area contributed by atoms with Gasteiger partial charge in [0.2, 0.25) is 0 Å². The summed E-state index contributed by atoms with van der Waals surface area (Å²) in [6.07, 6.45) is 2.41. The lowest BCUT2D eigenvalue weighted by Crippen LogP contribution is -2.10. The molecule has 1 atom stereocenters. The van der Waals surface area contributed by atoms with Gasteiger partial charge < -0.3 is 9.47 Å². The van der Waals surface area contributed by atoms with Crippen LogP contribution in [0.5, 0.6) is 0 Å². The summed E-state index contributed by atoms with van der Waals surface area (Å²) in [5.74, 6) is -0.262. The Balaban J connectivity index is 2.49. The third-order valence-corrected chi connectivity index (χ3v) is 1.94. The van der Waals surface area contributed by atoms with Crippen LogP contribution in [0.2, 0.25) is 0 Å². The number of carbonyl (C=O) groups is 1. The maximum Gasteiger partial charge on any atom is 0.331 e. The van der Waals surface area contributed by atoms with Crippen LogP contribution >= 0.6 is 0 Å². The van der Waals surface area contributed by atoms with Gasteiger partial charge in [-0.25, -0.2) is 4.79 Å². The second-order valence-electron chi connectivity index (χ2n) is 3.47. The van der Waals surface area contributed by atoms with E-state index in [-0.39, 0.29) is 18.2 Å². The van der Waals surface area contributed by atoms with Crippen molar-refractivity contribution in [3.05, 3.63) is 11.6 Å². The molecule has 0 aromatic carbocycles. The molecule has 1 aliphatic heterocycles. The van der Waals surface area contributed by atoms with Crippen LogP contribution in [-0.4, -0.2) is 24.8 Å². The minimum Gasteiger partial charge on any atom is -0.460 e. The zero-order chi connectivity index (χ0) is 9.84. The van der Waals surface area contributed by atoms with E-state index in [0.717, 1.165) is 12.0 Å². The van der Waals surface area contributed by atoms with E-state index >= 15 is 0 Å². The lowest BCUT2D eigenvalue weighted by atomic mass is 10.1. The minimum atomic E-state index is -0.262. The number of ether oxygens (including phenoxy) is 2. The highest BCUT2D eigenvalue weighted by Gasteiger charge is 2.18. The Morgan fingerprint density at radius 3 is 2.85 bits per heavy atom. The van der Waals surface area contributed by atoms with Crippen LogP contribution in [-0.2, 0) is 14.3 Å². The summed E-state index contributed by atoms with van der Waals surface area (Å²) in [6.45, 7) is 6.33. The molecule has 0 aromatic heterocycles. The molecule has 13 heavy (non-hydrogen) atoms. The molecule has 0 N–H and O–H groups in total. The summed E-state index contributed by atoms with van der Waals surface area (Å²) < 4.78 is 10.3. The van der Waals surface area contributed by atoms with E-state index in [1.807, 2.05) is 20.8 Å². The van der Waals surface area contributed by atoms with E-state index < -0.39 is 0 Å². The second kappa shape index (κ2) is 4.42. The smallest absolute Gasteiger partial charge is 0.331 e. The third-order valence-electron chi connectivity index (χ3n) is 1.94. The molecule has 0 aromatic rings. The average Bonchev–Trinajstić information content (AvgIpc) is 2.34. The van der Waals surface area contributed by atoms with Crippen LogP contribution < -0.4 is 0 Å². The molecule has 0 spiro atoms. The Labute approximate surface area is 78.7 Å². The highest BCUT2D eigenvalue weighted by atomic mass is 16.5. The zero-order valence-corrected chi connectivity index (χ0v) is 8.37. The van der Waals surface area contributed by atoms with Gasteiger partial charge in [0.25, 0.3) is 0 Å². The van der Waals surface area contributed by atoms with Gasteiger partial charge in [-0.05, 0) is 32.8 Å². The second-order valence-corrected chi connectivity index (χ2v) is 3.47. The van der Waals surface area contributed by atoms with Crippen LogP contribution in [0.15, 0.2) is 11.6 Å². The van der Waals surface area contributed by atoms with E-state index in [2.05, 4.69) is 0 Å². The number of esters is 1. The summed E-state index contributed by atoms with van der Waals surface area (Å²) in [6, 6.07) is 0. The Kier molecular flexibility index (Phi) is 3.48. The van der Waals surface area contributed by atoms with Gasteiger partial charge in [0.15, 0.2) is 0 Å². The van der Waals surface area contributed by atoms with E-state index in [1.165, 1.54) is 0 Å². The zero-order valence-electron chi connectivity index (χ0n) is 8.37. The average molecular weight is 184 g/mol. The summed E-state index contributed by atoms with van der Waals surface area (Å²) >= 11 is 0. The molecule has 0 bridgehead atoms. The van der Waals surface area contributed by atoms with Crippen molar-refractivity contribution in [2.75, 3.05) is 6.61 Å². The highest BCUT2D eigenvalue weighted by Crippen LogP contribution is 2.19. The third kappa shape index (κ3) is 3.19. The Hall–Kier alpha value is -0.830. The Morgan fingerprint density at radius 1 is 1.69 bits per heavy atom. The van der Waals surface area contributed by atoms with Gasteiger partial charge in [-0.2, -0.15) is 0 Å². The molecule has 1 rings (SSSR count). The summed E-state index contributed by atoms with van der Waals surface area (Å²) in [4.78, 5) is 11.2.